The van der Waals surface area contributed by atoms with Crippen LogP contribution in [0.4, 0.5) is 0 Å². The Balaban J connectivity index is 1.58. The molecule has 0 bridgehead atoms. The summed E-state index contributed by atoms with van der Waals surface area (Å²) in [5.41, 5.74) is 6.49. The Morgan fingerprint density at radius 3 is 2.10 bits per heavy atom. The summed E-state index contributed by atoms with van der Waals surface area (Å²) >= 11 is 3.47. The van der Waals surface area contributed by atoms with Crippen LogP contribution in [0.1, 0.15) is 59.9 Å². The molecule has 2 aromatic carbocycles. The molecule has 5 aromatic rings. The van der Waals surface area contributed by atoms with Crippen LogP contribution in [0.25, 0.3) is 33.5 Å². The van der Waals surface area contributed by atoms with E-state index in [1.165, 1.54) is 5.56 Å². The van der Waals surface area contributed by atoms with Crippen LogP contribution in [0, 0.1) is 5.41 Å². The molecule has 0 unspecified atom stereocenters. The third-order valence-electron chi connectivity index (χ3n) is 6.20. The lowest BCUT2D eigenvalue weighted by molar-refractivity contribution is 0.394. The number of tetrazole rings is 1. The molecule has 0 saturated carbocycles. The van der Waals surface area contributed by atoms with Crippen molar-refractivity contribution in [3.63, 3.8) is 0 Å². The number of thioether (sulfide) groups is 2. The largest absolute Gasteiger partial charge is 0.321 e. The number of imidazole rings is 1. The summed E-state index contributed by atoms with van der Waals surface area (Å²) < 4.78 is 2.37. The number of rotatable bonds is 9. The molecule has 0 saturated heterocycles. The molecule has 0 amide bonds. The molecule has 40 heavy (non-hydrogen) atoms. The van der Waals surface area contributed by atoms with Gasteiger partial charge in [-0.1, -0.05) is 121 Å². The summed E-state index contributed by atoms with van der Waals surface area (Å²) in [7, 11) is 0. The minimum atomic E-state index is 0.0832. The number of hydrogen-bond acceptors (Lipinski definition) is 8. The smallest absolute Gasteiger partial charge is 0.180 e. The highest BCUT2D eigenvalue weighted by Crippen LogP contribution is 2.37. The molecule has 3 heterocycles. The first-order valence-corrected chi connectivity index (χ1v) is 15.4. The number of benzene rings is 2. The molecule has 0 radical (unpaired) electrons. The average Bonchev–Trinajstić information content (AvgIpc) is 3.54. The van der Waals surface area contributed by atoms with Crippen molar-refractivity contribution in [2.75, 3.05) is 0 Å². The molecule has 3 aromatic heterocycles. The van der Waals surface area contributed by atoms with E-state index in [2.05, 4.69) is 109 Å². The topological polar surface area (TPSA) is 98.1 Å². The van der Waals surface area contributed by atoms with Gasteiger partial charge >= 0.3 is 0 Å². The summed E-state index contributed by atoms with van der Waals surface area (Å²) in [6.45, 7) is 16.2. The van der Waals surface area contributed by atoms with Gasteiger partial charge in [0.15, 0.2) is 5.82 Å². The van der Waals surface area contributed by atoms with Gasteiger partial charge in [0.25, 0.3) is 0 Å². The van der Waals surface area contributed by atoms with Crippen LogP contribution in [0.3, 0.4) is 0 Å². The highest BCUT2D eigenvalue weighted by molar-refractivity contribution is 8.00. The Labute approximate surface area is 244 Å². The molecule has 0 atom stereocenters. The number of H-pyrrole nitrogens is 1. The van der Waals surface area contributed by atoms with Gasteiger partial charge in [-0.3, -0.25) is 0 Å². The fourth-order valence-corrected chi connectivity index (χ4v) is 6.26. The zero-order valence-electron chi connectivity index (χ0n) is 24.1. The quantitative estimate of drug-likeness (QED) is 0.184. The van der Waals surface area contributed by atoms with Gasteiger partial charge in [0.05, 0.1) is 0 Å². The van der Waals surface area contributed by atoms with E-state index in [0.717, 1.165) is 50.0 Å². The second kappa shape index (κ2) is 11.7. The summed E-state index contributed by atoms with van der Waals surface area (Å²) in [6.07, 6.45) is 0.857. The van der Waals surface area contributed by atoms with Gasteiger partial charge in [-0.2, -0.15) is 0 Å². The van der Waals surface area contributed by atoms with Crippen LogP contribution in [0.5, 0.6) is 0 Å². The van der Waals surface area contributed by atoms with Crippen molar-refractivity contribution in [3.8, 4) is 22.5 Å². The predicted molar refractivity (Wildman–Crippen MR) is 165 cm³/mol. The Hall–Kier alpha value is -3.24. The Morgan fingerprint density at radius 2 is 1.48 bits per heavy atom. The van der Waals surface area contributed by atoms with E-state index in [-0.39, 0.29) is 5.41 Å². The highest BCUT2D eigenvalue weighted by Gasteiger charge is 2.24. The predicted octanol–water partition coefficient (Wildman–Crippen LogP) is 7.31. The number of aromatic amines is 1. The maximum Gasteiger partial charge on any atom is 0.180 e. The van der Waals surface area contributed by atoms with Gasteiger partial charge in [0, 0.05) is 29.0 Å². The van der Waals surface area contributed by atoms with Gasteiger partial charge in [-0.25, -0.2) is 10.1 Å². The van der Waals surface area contributed by atoms with Gasteiger partial charge < -0.3 is 4.57 Å². The second-order valence-electron chi connectivity index (χ2n) is 11.7. The summed E-state index contributed by atoms with van der Waals surface area (Å²) in [5, 5.41) is 26.5. The first-order valence-electron chi connectivity index (χ1n) is 13.6. The summed E-state index contributed by atoms with van der Waals surface area (Å²) in [6, 6.07) is 16.9. The number of fused-ring (bicyclic) bond motifs is 1. The first kappa shape index (κ1) is 28.3. The fraction of sp³-hybridized carbons (Fsp3) is 0.400. The zero-order valence-corrected chi connectivity index (χ0v) is 25.8. The monoisotopic (exact) mass is 572 g/mol. The lowest BCUT2D eigenvalue weighted by atomic mass is 9.92. The maximum atomic E-state index is 5.22. The standard InChI is InChI=1S/C30H36N8S2/c1-18(2)39-28-25-26(29(35-34-28)40-19(3)4)38(24(31-25)16-30(5,6)7)17-20-12-14-21(15-13-20)22-10-8-9-11-23(22)27-32-36-37-33-27/h8-15,18-19H,16-17H2,1-7H3,(H,32,33,36,37). The van der Waals surface area contributed by atoms with Crippen LogP contribution in [0.15, 0.2) is 58.6 Å². The molecule has 0 aliphatic carbocycles. The van der Waals surface area contributed by atoms with E-state index in [1.807, 2.05) is 18.2 Å². The van der Waals surface area contributed by atoms with Crippen LogP contribution in [0.2, 0.25) is 0 Å². The lowest BCUT2D eigenvalue weighted by Gasteiger charge is -2.19. The number of nitrogens with zero attached hydrogens (tertiary/aromatic N) is 7. The van der Waals surface area contributed by atoms with Gasteiger partial charge in [-0.05, 0) is 32.5 Å². The molecule has 8 nitrogen and oxygen atoms in total. The fourth-order valence-electron chi connectivity index (χ4n) is 4.62. The molecule has 0 fully saturated rings. The van der Waals surface area contributed by atoms with Crippen molar-refractivity contribution >= 4 is 34.6 Å². The van der Waals surface area contributed by atoms with Crippen molar-refractivity contribution in [3.05, 3.63) is 59.9 Å². The Morgan fingerprint density at radius 1 is 0.825 bits per heavy atom. The molecule has 1 N–H and O–H groups in total. The van der Waals surface area contributed by atoms with Crippen LogP contribution in [-0.4, -0.2) is 50.9 Å². The minimum Gasteiger partial charge on any atom is -0.321 e. The SMILES string of the molecule is CC(C)Sc1nnc(SC(C)C)c2c1nc(CC(C)(C)C)n2Cc1ccc(-c2ccccc2-c2nnn[nH]2)cc1. The number of nitrogens with one attached hydrogen (secondary N) is 1. The van der Waals surface area contributed by atoms with Crippen molar-refractivity contribution in [2.45, 2.75) is 82.0 Å². The molecular formula is C30H36N8S2. The molecule has 0 aliphatic heterocycles. The lowest BCUT2D eigenvalue weighted by Crippen LogP contribution is -2.15. The highest BCUT2D eigenvalue weighted by atomic mass is 32.2. The van der Waals surface area contributed by atoms with Gasteiger partial charge in [0.2, 0.25) is 0 Å². The third kappa shape index (κ3) is 6.39. The molecule has 10 heteroatoms. The Kier molecular flexibility index (Phi) is 8.28. The van der Waals surface area contributed by atoms with Crippen LogP contribution >= 0.6 is 23.5 Å². The first-order chi connectivity index (χ1) is 19.1. The van der Waals surface area contributed by atoms with E-state index >= 15 is 0 Å². The van der Waals surface area contributed by atoms with E-state index < -0.39 is 0 Å². The molecular weight excluding hydrogens is 537 g/mol. The van der Waals surface area contributed by atoms with Crippen molar-refractivity contribution in [2.24, 2.45) is 5.41 Å². The van der Waals surface area contributed by atoms with Crippen molar-refractivity contribution < 1.29 is 0 Å². The number of hydrogen-bond donors (Lipinski definition) is 1. The summed E-state index contributed by atoms with van der Waals surface area (Å²) in [5.74, 6) is 1.73. The third-order valence-corrected chi connectivity index (χ3v) is 8.14. The normalized spacial score (nSPS) is 12.2. The van der Waals surface area contributed by atoms with Crippen LogP contribution in [-0.2, 0) is 13.0 Å². The van der Waals surface area contributed by atoms with E-state index in [4.69, 9.17) is 10.1 Å². The van der Waals surface area contributed by atoms with E-state index in [1.54, 1.807) is 23.5 Å². The molecule has 0 aliphatic rings. The van der Waals surface area contributed by atoms with Crippen LogP contribution < -0.4 is 0 Å². The number of aromatic nitrogens is 8. The van der Waals surface area contributed by atoms with Crippen molar-refractivity contribution in [1.82, 2.24) is 40.4 Å². The van der Waals surface area contributed by atoms with E-state index in [9.17, 15) is 0 Å². The van der Waals surface area contributed by atoms with Gasteiger partial charge in [-0.15, -0.1) is 15.3 Å². The summed E-state index contributed by atoms with van der Waals surface area (Å²) in [4.78, 5) is 5.22. The average molecular weight is 573 g/mol. The zero-order chi connectivity index (χ0) is 28.4. The molecule has 5 rings (SSSR count). The Bertz CT molecular complexity index is 1580. The molecule has 208 valence electrons. The van der Waals surface area contributed by atoms with Gasteiger partial charge in [0.1, 0.15) is 26.9 Å². The minimum absolute atomic E-state index is 0.0832. The second-order valence-corrected chi connectivity index (χ2v) is 14.8. The van der Waals surface area contributed by atoms with Crippen molar-refractivity contribution in [1.29, 1.82) is 0 Å². The van der Waals surface area contributed by atoms with E-state index in [0.29, 0.717) is 22.9 Å². The maximum absolute atomic E-state index is 5.22. The molecule has 0 spiro atoms.